The lowest BCUT2D eigenvalue weighted by atomic mass is 10.1. The fraction of sp³-hybridized carbons (Fsp3) is 0.500. The summed E-state index contributed by atoms with van der Waals surface area (Å²) in [5, 5.41) is 3.21. The summed E-state index contributed by atoms with van der Waals surface area (Å²) in [6.45, 7) is 3.93. The third-order valence-corrected chi connectivity index (χ3v) is 4.23. The lowest BCUT2D eigenvalue weighted by Gasteiger charge is -2.18. The van der Waals surface area contributed by atoms with Gasteiger partial charge in [0, 0.05) is 17.3 Å². The number of hydrogen-bond donors (Lipinski definition) is 1. The van der Waals surface area contributed by atoms with Gasteiger partial charge >= 0.3 is 0 Å². The van der Waals surface area contributed by atoms with Crippen molar-refractivity contribution in [3.05, 3.63) is 23.3 Å². The Hall–Kier alpha value is -2.04. The molecule has 1 saturated carbocycles. The van der Waals surface area contributed by atoms with Crippen molar-refractivity contribution in [2.45, 2.75) is 45.2 Å². The van der Waals surface area contributed by atoms with Crippen LogP contribution in [0.5, 0.6) is 5.75 Å². The highest BCUT2D eigenvalue weighted by molar-refractivity contribution is 6.07. The minimum atomic E-state index is -0.454. The summed E-state index contributed by atoms with van der Waals surface area (Å²) in [5.74, 6) is 0.661. The molecule has 5 heteroatoms. The van der Waals surface area contributed by atoms with Crippen LogP contribution in [0, 0.1) is 13.8 Å². The van der Waals surface area contributed by atoms with Crippen LogP contribution in [0.15, 0.2) is 12.1 Å². The molecule has 2 fully saturated rings. The second-order valence-electron chi connectivity index (χ2n) is 5.82. The van der Waals surface area contributed by atoms with Crippen LogP contribution >= 0.6 is 0 Å². The van der Waals surface area contributed by atoms with Crippen molar-refractivity contribution in [3.63, 3.8) is 0 Å². The maximum atomic E-state index is 12.3. The number of amides is 2. The monoisotopic (exact) mass is 288 g/mol. The zero-order valence-corrected chi connectivity index (χ0v) is 12.6. The number of likely N-dealkylation sites (tertiary alicyclic amines) is 1. The third-order valence-electron chi connectivity index (χ3n) is 4.23. The summed E-state index contributed by atoms with van der Waals surface area (Å²) >= 11 is 0. The molecule has 2 amide bonds. The van der Waals surface area contributed by atoms with E-state index in [2.05, 4.69) is 5.32 Å². The van der Waals surface area contributed by atoms with Crippen molar-refractivity contribution in [1.29, 1.82) is 0 Å². The lowest BCUT2D eigenvalue weighted by Crippen LogP contribution is -2.36. The number of nitrogens with one attached hydrogen (secondary N) is 1. The second kappa shape index (κ2) is 5.06. The van der Waals surface area contributed by atoms with Gasteiger partial charge in [-0.1, -0.05) is 6.07 Å². The summed E-state index contributed by atoms with van der Waals surface area (Å²) in [4.78, 5) is 25.8. The van der Waals surface area contributed by atoms with Gasteiger partial charge in [-0.3, -0.25) is 14.5 Å². The second-order valence-corrected chi connectivity index (χ2v) is 5.82. The Morgan fingerprint density at radius 1 is 1.24 bits per heavy atom. The van der Waals surface area contributed by atoms with Gasteiger partial charge in [-0.25, -0.2) is 0 Å². The van der Waals surface area contributed by atoms with Crippen LogP contribution in [0.3, 0.4) is 0 Å². The highest BCUT2D eigenvalue weighted by Gasteiger charge is 2.46. The molecule has 5 nitrogen and oxygen atoms in total. The molecule has 1 aromatic rings. The van der Waals surface area contributed by atoms with E-state index in [1.165, 1.54) is 4.90 Å². The van der Waals surface area contributed by atoms with Crippen molar-refractivity contribution in [2.24, 2.45) is 0 Å². The van der Waals surface area contributed by atoms with Crippen LogP contribution in [-0.2, 0) is 9.59 Å². The average molecular weight is 288 g/mol. The van der Waals surface area contributed by atoms with E-state index >= 15 is 0 Å². The van der Waals surface area contributed by atoms with Gasteiger partial charge in [-0.2, -0.15) is 0 Å². The number of rotatable bonds is 4. The molecular formula is C16H20N2O3. The molecule has 3 rings (SSSR count). The SMILES string of the molecule is COc1c(C)ccc(NC2CC(=O)N(C3CC3)C2=O)c1C. The van der Waals surface area contributed by atoms with Gasteiger partial charge in [0.05, 0.1) is 13.5 Å². The molecule has 0 aromatic heterocycles. The van der Waals surface area contributed by atoms with E-state index in [9.17, 15) is 9.59 Å². The smallest absolute Gasteiger partial charge is 0.252 e. The highest BCUT2D eigenvalue weighted by atomic mass is 16.5. The fourth-order valence-corrected chi connectivity index (χ4v) is 2.97. The number of benzene rings is 1. The predicted molar refractivity (Wildman–Crippen MR) is 79.4 cm³/mol. The first-order valence-corrected chi connectivity index (χ1v) is 7.29. The van der Waals surface area contributed by atoms with Crippen LogP contribution in [-0.4, -0.2) is 35.9 Å². The van der Waals surface area contributed by atoms with Crippen LogP contribution in [0.2, 0.25) is 0 Å². The Kier molecular flexibility index (Phi) is 3.35. The summed E-state index contributed by atoms with van der Waals surface area (Å²) in [7, 11) is 1.64. The van der Waals surface area contributed by atoms with Gasteiger partial charge in [-0.05, 0) is 38.3 Å². The van der Waals surface area contributed by atoms with E-state index in [4.69, 9.17) is 4.74 Å². The van der Waals surface area contributed by atoms with Crippen molar-refractivity contribution in [1.82, 2.24) is 4.90 Å². The minimum absolute atomic E-state index is 0.0586. The molecule has 1 aliphatic heterocycles. The quantitative estimate of drug-likeness (QED) is 0.861. The van der Waals surface area contributed by atoms with Crippen LogP contribution in [0.25, 0.3) is 0 Å². The molecular weight excluding hydrogens is 268 g/mol. The van der Waals surface area contributed by atoms with Crippen molar-refractivity contribution in [2.75, 3.05) is 12.4 Å². The first-order chi connectivity index (χ1) is 10.0. The molecule has 1 N–H and O–H groups in total. The van der Waals surface area contributed by atoms with E-state index in [-0.39, 0.29) is 24.3 Å². The van der Waals surface area contributed by atoms with Crippen molar-refractivity contribution < 1.29 is 14.3 Å². The van der Waals surface area contributed by atoms with E-state index in [1.54, 1.807) is 7.11 Å². The topological polar surface area (TPSA) is 58.6 Å². The Labute approximate surface area is 124 Å². The summed E-state index contributed by atoms with van der Waals surface area (Å²) in [6.07, 6.45) is 2.13. The molecule has 112 valence electrons. The first kappa shape index (κ1) is 13.9. The molecule has 0 radical (unpaired) electrons. The molecule has 21 heavy (non-hydrogen) atoms. The number of aryl methyl sites for hydroxylation is 1. The number of anilines is 1. The minimum Gasteiger partial charge on any atom is -0.496 e. The number of hydrogen-bond acceptors (Lipinski definition) is 4. The van der Waals surface area contributed by atoms with Crippen molar-refractivity contribution >= 4 is 17.5 Å². The van der Waals surface area contributed by atoms with Gasteiger partial charge in [0.2, 0.25) is 5.91 Å². The van der Waals surface area contributed by atoms with Gasteiger partial charge in [0.1, 0.15) is 11.8 Å². The Morgan fingerprint density at radius 3 is 2.57 bits per heavy atom. The lowest BCUT2D eigenvalue weighted by molar-refractivity contribution is -0.139. The number of imide groups is 1. The third kappa shape index (κ3) is 2.37. The number of ether oxygens (including phenoxy) is 1. The van der Waals surface area contributed by atoms with Crippen LogP contribution in [0.1, 0.15) is 30.4 Å². The average Bonchev–Trinajstić information content (AvgIpc) is 3.22. The summed E-state index contributed by atoms with van der Waals surface area (Å²) in [5.41, 5.74) is 2.86. The Balaban J connectivity index is 1.81. The highest BCUT2D eigenvalue weighted by Crippen LogP contribution is 2.34. The standard InChI is InChI=1S/C16H20N2O3/c1-9-4-7-12(10(2)15(9)21-3)17-13-8-14(19)18(16(13)20)11-5-6-11/h4,7,11,13,17H,5-6,8H2,1-3H3. The molecule has 1 unspecified atom stereocenters. The molecule has 1 aliphatic carbocycles. The molecule has 1 saturated heterocycles. The molecule has 1 atom stereocenters. The normalized spacial score (nSPS) is 21.9. The van der Waals surface area contributed by atoms with Gasteiger partial charge in [0.15, 0.2) is 0 Å². The van der Waals surface area contributed by atoms with Gasteiger partial charge in [0.25, 0.3) is 5.91 Å². The molecule has 1 aromatic carbocycles. The number of carbonyl (C=O) groups is 2. The largest absolute Gasteiger partial charge is 0.496 e. The Bertz CT molecular complexity index is 608. The van der Waals surface area contributed by atoms with Crippen LogP contribution < -0.4 is 10.1 Å². The van der Waals surface area contributed by atoms with E-state index in [0.29, 0.717) is 0 Å². The number of carbonyl (C=O) groups excluding carboxylic acids is 2. The van der Waals surface area contributed by atoms with Gasteiger partial charge < -0.3 is 10.1 Å². The van der Waals surface area contributed by atoms with E-state index in [1.807, 2.05) is 26.0 Å². The molecule has 1 heterocycles. The van der Waals surface area contributed by atoms with E-state index < -0.39 is 6.04 Å². The van der Waals surface area contributed by atoms with Crippen LogP contribution in [0.4, 0.5) is 5.69 Å². The number of methoxy groups -OCH3 is 1. The zero-order chi connectivity index (χ0) is 15.1. The Morgan fingerprint density at radius 2 is 1.95 bits per heavy atom. The molecule has 0 spiro atoms. The zero-order valence-electron chi connectivity index (χ0n) is 12.6. The first-order valence-electron chi connectivity index (χ1n) is 7.29. The summed E-state index contributed by atoms with van der Waals surface area (Å²) in [6, 6.07) is 3.58. The maximum absolute atomic E-state index is 12.3. The van der Waals surface area contributed by atoms with Gasteiger partial charge in [-0.15, -0.1) is 0 Å². The predicted octanol–water partition coefficient (Wildman–Crippen LogP) is 2.01. The molecule has 0 bridgehead atoms. The summed E-state index contributed by atoms with van der Waals surface area (Å²) < 4.78 is 5.40. The fourth-order valence-electron chi connectivity index (χ4n) is 2.97. The molecule has 2 aliphatic rings. The maximum Gasteiger partial charge on any atom is 0.252 e. The van der Waals surface area contributed by atoms with Crippen molar-refractivity contribution in [3.8, 4) is 5.75 Å². The van der Waals surface area contributed by atoms with E-state index in [0.717, 1.165) is 35.4 Å². The number of nitrogens with zero attached hydrogens (tertiary/aromatic N) is 1.